The van der Waals surface area contributed by atoms with Crippen LogP contribution in [0.1, 0.15) is 48.4 Å². The number of rotatable bonds is 13. The summed E-state index contributed by atoms with van der Waals surface area (Å²) in [7, 11) is 0. The van der Waals surface area contributed by atoms with Crippen LogP contribution in [0.5, 0.6) is 0 Å². The fourth-order valence-corrected chi connectivity index (χ4v) is 8.55. The SMILES string of the molecule is C[C@@H](O)[C@@H]1NC(=O)[C@H](CCCCN)NC(=O)[C@@H](Cc2c[nH]c3ccccc23)NC(=O)[C@H](Cc2ccccc2)NC(=O)CN(Cc2cccc3ccccc23)C(=O)[C@H](Cc2ccccc2)NC1=O. The van der Waals surface area contributed by atoms with Crippen molar-refractivity contribution in [2.75, 3.05) is 13.1 Å². The van der Waals surface area contributed by atoms with Gasteiger partial charge in [0.05, 0.1) is 12.6 Å². The standard InChI is InChI=1S/C52H58N8O7/c1-33(61)47-51(66)58-45(28-35-17-6-3-7-18-35)52(67)60(31-37-21-14-20-36-19-8-9-22-39(36)37)32-46(62)55-43(27-34-15-4-2-5-16-34)49(64)57-44(29-38-30-54-41-24-11-10-23-40(38)41)50(65)56-42(48(63)59-47)25-12-13-26-53/h2-11,14-24,30,33,42-45,47,54,61H,12-13,25-29,31-32,53H2,1H3,(H,55,62)(H,56,65)(H,57,64)(H,58,66)(H,59,63)/t33-,42+,43+,44-,45+,47+/m1/s1. The third kappa shape index (κ3) is 12.5. The normalized spacial score (nSPS) is 20.8. The van der Waals surface area contributed by atoms with E-state index in [9.17, 15) is 29.1 Å². The van der Waals surface area contributed by atoms with Crippen molar-refractivity contribution >= 4 is 57.1 Å². The molecule has 5 aromatic carbocycles. The zero-order valence-electron chi connectivity index (χ0n) is 37.5. The lowest BCUT2D eigenvalue weighted by Gasteiger charge is -2.31. The number of para-hydroxylation sites is 1. The van der Waals surface area contributed by atoms with Crippen LogP contribution in [0.2, 0.25) is 0 Å². The number of unbranched alkanes of at least 4 members (excludes halogenated alkanes) is 1. The Bertz CT molecular complexity index is 2670. The highest BCUT2D eigenvalue weighted by molar-refractivity contribution is 5.98. The lowest BCUT2D eigenvalue weighted by Crippen LogP contribution is -2.62. The highest BCUT2D eigenvalue weighted by Crippen LogP contribution is 2.22. The summed E-state index contributed by atoms with van der Waals surface area (Å²) in [5, 5.41) is 27.7. The van der Waals surface area contributed by atoms with E-state index in [-0.39, 0.29) is 32.2 Å². The van der Waals surface area contributed by atoms with Gasteiger partial charge in [-0.2, -0.15) is 0 Å². The van der Waals surface area contributed by atoms with Crippen molar-refractivity contribution in [1.29, 1.82) is 0 Å². The van der Waals surface area contributed by atoms with Crippen molar-refractivity contribution < 1.29 is 33.9 Å². The number of aliphatic hydroxyl groups excluding tert-OH is 1. The zero-order chi connectivity index (χ0) is 47.3. The summed E-state index contributed by atoms with van der Waals surface area (Å²) in [5.74, 6) is -4.26. The van der Waals surface area contributed by atoms with E-state index in [1.165, 1.54) is 11.8 Å². The second kappa shape index (κ2) is 22.7. The molecule has 6 aromatic rings. The van der Waals surface area contributed by atoms with Gasteiger partial charge in [0, 0.05) is 42.9 Å². The predicted octanol–water partition coefficient (Wildman–Crippen LogP) is 3.33. The van der Waals surface area contributed by atoms with Gasteiger partial charge in [0.2, 0.25) is 35.4 Å². The Hall–Kier alpha value is -7.36. The third-order valence-electron chi connectivity index (χ3n) is 12.1. The molecule has 7 rings (SSSR count). The first-order chi connectivity index (χ1) is 32.5. The average molecular weight is 907 g/mol. The monoisotopic (exact) mass is 906 g/mol. The fourth-order valence-electron chi connectivity index (χ4n) is 8.55. The number of carbonyl (C=O) groups excluding carboxylic acids is 6. The highest BCUT2D eigenvalue weighted by atomic mass is 16.3. The molecule has 9 N–H and O–H groups in total. The van der Waals surface area contributed by atoms with Crippen LogP contribution in [0.4, 0.5) is 0 Å². The zero-order valence-corrected chi connectivity index (χ0v) is 37.5. The number of H-pyrrole nitrogens is 1. The second-order valence-electron chi connectivity index (χ2n) is 17.1. The molecule has 15 nitrogen and oxygen atoms in total. The van der Waals surface area contributed by atoms with E-state index >= 15 is 4.79 Å². The lowest BCUT2D eigenvalue weighted by atomic mass is 10.00. The molecule has 1 aliphatic heterocycles. The van der Waals surface area contributed by atoms with Crippen LogP contribution in [0, 0.1) is 0 Å². The number of fused-ring (bicyclic) bond motifs is 2. The van der Waals surface area contributed by atoms with Gasteiger partial charge in [0.15, 0.2) is 0 Å². The number of aromatic amines is 1. The first-order valence-corrected chi connectivity index (χ1v) is 22.7. The van der Waals surface area contributed by atoms with Gasteiger partial charge in [-0.25, -0.2) is 0 Å². The van der Waals surface area contributed by atoms with Crippen molar-refractivity contribution in [3.8, 4) is 0 Å². The second-order valence-corrected chi connectivity index (χ2v) is 17.1. The smallest absolute Gasteiger partial charge is 0.246 e. The quantitative estimate of drug-likeness (QED) is 0.0801. The van der Waals surface area contributed by atoms with Gasteiger partial charge in [-0.15, -0.1) is 0 Å². The van der Waals surface area contributed by atoms with Crippen LogP contribution in [0.25, 0.3) is 21.7 Å². The topological polar surface area (TPSA) is 228 Å². The molecule has 15 heteroatoms. The van der Waals surface area contributed by atoms with E-state index in [0.29, 0.717) is 30.5 Å². The van der Waals surface area contributed by atoms with E-state index < -0.39 is 78.3 Å². The number of nitrogens with one attached hydrogen (secondary N) is 6. The van der Waals surface area contributed by atoms with Crippen LogP contribution in [0.15, 0.2) is 134 Å². The van der Waals surface area contributed by atoms with Gasteiger partial charge < -0.3 is 47.3 Å². The minimum Gasteiger partial charge on any atom is -0.391 e. The van der Waals surface area contributed by atoms with Gasteiger partial charge in [-0.3, -0.25) is 28.8 Å². The fraction of sp³-hybridized carbons (Fsp3) is 0.308. The van der Waals surface area contributed by atoms with Gasteiger partial charge in [-0.05, 0) is 71.8 Å². The van der Waals surface area contributed by atoms with E-state index in [1.54, 1.807) is 30.5 Å². The van der Waals surface area contributed by atoms with E-state index in [1.807, 2.05) is 103 Å². The van der Waals surface area contributed by atoms with Gasteiger partial charge in [0.25, 0.3) is 0 Å². The maximum absolute atomic E-state index is 15.1. The molecule has 0 aliphatic carbocycles. The third-order valence-corrected chi connectivity index (χ3v) is 12.1. The number of benzene rings is 5. The molecular weight excluding hydrogens is 849 g/mol. The van der Waals surface area contributed by atoms with Crippen molar-refractivity contribution in [1.82, 2.24) is 36.5 Å². The molecule has 0 bridgehead atoms. The predicted molar refractivity (Wildman–Crippen MR) is 256 cm³/mol. The van der Waals surface area contributed by atoms with Crippen LogP contribution in [-0.4, -0.2) is 99.8 Å². The van der Waals surface area contributed by atoms with Crippen LogP contribution in [0.3, 0.4) is 0 Å². The van der Waals surface area contributed by atoms with Gasteiger partial charge in [0.1, 0.15) is 30.2 Å². The maximum Gasteiger partial charge on any atom is 0.246 e. The summed E-state index contributed by atoms with van der Waals surface area (Å²) in [6.07, 6.45) is 1.39. The number of aliphatic hydroxyl groups is 1. The molecule has 0 unspecified atom stereocenters. The minimum absolute atomic E-state index is 0.000448. The summed E-state index contributed by atoms with van der Waals surface area (Å²) in [5.41, 5.74) is 9.49. The Morgan fingerprint density at radius 3 is 1.84 bits per heavy atom. The molecule has 2 heterocycles. The van der Waals surface area contributed by atoms with E-state index in [2.05, 4.69) is 31.6 Å². The first-order valence-electron chi connectivity index (χ1n) is 22.7. The number of nitrogens with two attached hydrogens (primary N) is 1. The maximum atomic E-state index is 15.1. The molecule has 348 valence electrons. The summed E-state index contributed by atoms with van der Waals surface area (Å²) in [4.78, 5) is 92.1. The average Bonchev–Trinajstić information content (AvgIpc) is 3.74. The summed E-state index contributed by atoms with van der Waals surface area (Å²) < 4.78 is 0. The molecule has 1 aromatic heterocycles. The number of aromatic nitrogens is 1. The Balaban J connectivity index is 1.31. The number of hydrogen-bond donors (Lipinski definition) is 8. The summed E-state index contributed by atoms with van der Waals surface area (Å²) in [6, 6.07) is 32.3. The van der Waals surface area contributed by atoms with Crippen molar-refractivity contribution in [3.05, 3.63) is 156 Å². The van der Waals surface area contributed by atoms with Gasteiger partial charge >= 0.3 is 0 Å². The molecule has 67 heavy (non-hydrogen) atoms. The van der Waals surface area contributed by atoms with Gasteiger partial charge in [-0.1, -0.05) is 121 Å². The highest BCUT2D eigenvalue weighted by Gasteiger charge is 2.36. The first kappa shape index (κ1) is 47.6. The molecule has 6 amide bonds. The van der Waals surface area contributed by atoms with Crippen LogP contribution in [-0.2, 0) is 54.6 Å². The van der Waals surface area contributed by atoms with Crippen molar-refractivity contribution in [2.45, 2.75) is 88.3 Å². The minimum atomic E-state index is -1.57. The Labute approximate surface area is 389 Å². The molecular formula is C52H58N8O7. The summed E-state index contributed by atoms with van der Waals surface area (Å²) in [6.45, 7) is 1.08. The largest absolute Gasteiger partial charge is 0.391 e. The molecule has 1 saturated heterocycles. The Morgan fingerprint density at radius 1 is 0.582 bits per heavy atom. The molecule has 0 saturated carbocycles. The van der Waals surface area contributed by atoms with Crippen molar-refractivity contribution in [2.24, 2.45) is 5.73 Å². The van der Waals surface area contributed by atoms with Crippen LogP contribution >= 0.6 is 0 Å². The number of nitrogens with zero attached hydrogens (tertiary/aromatic N) is 1. The molecule has 0 radical (unpaired) electrons. The lowest BCUT2D eigenvalue weighted by molar-refractivity contribution is -0.142. The Morgan fingerprint density at radius 2 is 1.15 bits per heavy atom. The van der Waals surface area contributed by atoms with Crippen molar-refractivity contribution in [3.63, 3.8) is 0 Å². The molecule has 1 aliphatic rings. The van der Waals surface area contributed by atoms with E-state index in [4.69, 9.17) is 5.73 Å². The molecule has 1 fully saturated rings. The number of amides is 6. The number of carbonyl (C=O) groups is 6. The Kier molecular flexibility index (Phi) is 16.1. The molecule has 0 spiro atoms. The number of hydrogen-bond acceptors (Lipinski definition) is 8. The van der Waals surface area contributed by atoms with Crippen LogP contribution < -0.4 is 32.3 Å². The van der Waals surface area contributed by atoms with E-state index in [0.717, 1.165) is 32.8 Å². The molecule has 6 atom stereocenters. The summed E-state index contributed by atoms with van der Waals surface area (Å²) >= 11 is 0.